The second kappa shape index (κ2) is 12.5. The van der Waals surface area contributed by atoms with E-state index in [1.807, 2.05) is 0 Å². The molecule has 0 aromatic heterocycles. The summed E-state index contributed by atoms with van der Waals surface area (Å²) in [7, 11) is -5.50. The fraction of sp³-hybridized carbons (Fsp3) is 0.185. The van der Waals surface area contributed by atoms with Crippen LogP contribution in [0.1, 0.15) is 28.4 Å². The summed E-state index contributed by atoms with van der Waals surface area (Å²) >= 11 is 12.8. The monoisotopic (exact) mass is 609 g/mol. The van der Waals surface area contributed by atoms with Crippen molar-refractivity contribution in [2.45, 2.75) is 24.3 Å². The van der Waals surface area contributed by atoms with Gasteiger partial charge in [0.25, 0.3) is 13.3 Å². The molecule has 0 saturated carbocycles. The van der Waals surface area contributed by atoms with E-state index in [-0.39, 0.29) is 26.9 Å². The summed E-state index contributed by atoms with van der Waals surface area (Å²) in [5.41, 5.74) is 0.724. The molecule has 0 fully saturated rings. The van der Waals surface area contributed by atoms with Crippen LogP contribution in [0.25, 0.3) is 6.08 Å². The van der Waals surface area contributed by atoms with Gasteiger partial charge in [0.05, 0.1) is 20.5 Å². The number of sulfone groups is 1. The van der Waals surface area contributed by atoms with Crippen LogP contribution in [0.5, 0.6) is 0 Å². The van der Waals surface area contributed by atoms with Crippen LogP contribution in [0.4, 0.5) is 0 Å². The van der Waals surface area contributed by atoms with E-state index in [9.17, 15) is 27.7 Å². The molecule has 2 N–H and O–H groups in total. The van der Waals surface area contributed by atoms with Gasteiger partial charge in [-0.25, -0.2) is 13.2 Å². The average Bonchev–Trinajstić information content (AvgIpc) is 2.87. The molecular weight excluding hydrogens is 584 g/mol. The maximum atomic E-state index is 13.5. The number of carbonyl (C=O) groups excluding carboxylic acids is 1. The molecule has 0 saturated heterocycles. The van der Waals surface area contributed by atoms with E-state index < -0.39 is 35.1 Å². The van der Waals surface area contributed by atoms with Gasteiger partial charge in [-0.2, -0.15) is 0 Å². The molecule has 1 unspecified atom stereocenters. The third-order valence-corrected chi connectivity index (χ3v) is 10.1. The first-order valence-corrected chi connectivity index (χ1v) is 15.8. The number of rotatable bonds is 10. The summed E-state index contributed by atoms with van der Waals surface area (Å²) in [5.74, 6) is -2.15. The molecular formula is C27H26Cl2NO7PS. The Hall–Kier alpha value is -2.94. The molecule has 0 aliphatic rings. The predicted octanol–water partition coefficient (Wildman–Crippen LogP) is 5.43. The van der Waals surface area contributed by atoms with Crippen molar-refractivity contribution in [1.82, 2.24) is 5.32 Å². The van der Waals surface area contributed by atoms with Crippen molar-refractivity contribution in [2.24, 2.45) is 0 Å². The molecule has 12 heteroatoms. The van der Waals surface area contributed by atoms with Crippen LogP contribution in [0.15, 0.2) is 76.9 Å². The molecule has 2 atom stereocenters. The third-order valence-electron chi connectivity index (χ3n) is 5.85. The fourth-order valence-electron chi connectivity index (χ4n) is 3.87. The third kappa shape index (κ3) is 7.38. The van der Waals surface area contributed by atoms with E-state index in [1.54, 1.807) is 49.4 Å². The lowest BCUT2D eigenvalue weighted by molar-refractivity contribution is -0.139. The van der Waals surface area contributed by atoms with Crippen molar-refractivity contribution in [1.29, 1.82) is 0 Å². The largest absolute Gasteiger partial charge is 0.480 e. The second-order valence-corrected chi connectivity index (χ2v) is 14.2. The van der Waals surface area contributed by atoms with E-state index in [4.69, 9.17) is 27.7 Å². The van der Waals surface area contributed by atoms with Crippen LogP contribution < -0.4 is 10.6 Å². The van der Waals surface area contributed by atoms with Gasteiger partial charge in [0.15, 0.2) is 9.84 Å². The number of carbonyl (C=O) groups is 2. The average molecular weight is 610 g/mol. The first-order chi connectivity index (χ1) is 18.3. The van der Waals surface area contributed by atoms with Crippen LogP contribution in [-0.2, 0) is 30.1 Å². The maximum Gasteiger partial charge on any atom is 0.326 e. The quantitative estimate of drug-likeness (QED) is 0.293. The van der Waals surface area contributed by atoms with Crippen LogP contribution >= 0.6 is 30.6 Å². The molecule has 3 rings (SSSR count). The highest BCUT2D eigenvalue weighted by molar-refractivity contribution is 7.90. The minimum Gasteiger partial charge on any atom is -0.480 e. The molecule has 8 nitrogen and oxygen atoms in total. The Balaban J connectivity index is 1.87. The number of hydrogen-bond acceptors (Lipinski definition) is 6. The number of benzene rings is 3. The smallest absolute Gasteiger partial charge is 0.326 e. The number of halogens is 2. The zero-order valence-electron chi connectivity index (χ0n) is 21.2. The molecule has 0 aliphatic carbocycles. The zero-order valence-corrected chi connectivity index (χ0v) is 24.4. The number of hydrogen-bond donors (Lipinski definition) is 2. The molecule has 0 spiro atoms. The number of carboxylic acid groups (broad SMARTS) is 1. The van der Waals surface area contributed by atoms with Gasteiger partial charge in [0, 0.05) is 30.4 Å². The number of amides is 1. The van der Waals surface area contributed by atoms with Crippen LogP contribution in [0.2, 0.25) is 10.0 Å². The van der Waals surface area contributed by atoms with Crippen LogP contribution in [-0.4, -0.2) is 44.8 Å². The fourth-order valence-corrected chi connectivity index (χ4v) is 7.02. The molecule has 3 aromatic carbocycles. The Bertz CT molecular complexity index is 1570. The van der Waals surface area contributed by atoms with Gasteiger partial charge in [-0.05, 0) is 60.5 Å². The lowest BCUT2D eigenvalue weighted by Crippen LogP contribution is -2.42. The summed E-state index contributed by atoms with van der Waals surface area (Å²) in [6.07, 6.45) is 2.46. The molecule has 0 radical (unpaired) electrons. The van der Waals surface area contributed by atoms with Crippen molar-refractivity contribution in [3.8, 4) is 0 Å². The molecule has 39 heavy (non-hydrogen) atoms. The predicted molar refractivity (Wildman–Crippen MR) is 153 cm³/mol. The molecule has 0 heterocycles. The van der Waals surface area contributed by atoms with E-state index in [0.717, 1.165) is 6.26 Å². The van der Waals surface area contributed by atoms with Gasteiger partial charge in [0.2, 0.25) is 0 Å². The highest BCUT2D eigenvalue weighted by Gasteiger charge is 2.28. The lowest BCUT2D eigenvalue weighted by atomic mass is 10.0. The second-order valence-electron chi connectivity index (χ2n) is 8.70. The highest BCUT2D eigenvalue weighted by atomic mass is 35.5. The molecule has 0 aliphatic heterocycles. The van der Waals surface area contributed by atoms with E-state index >= 15 is 0 Å². The van der Waals surface area contributed by atoms with Crippen molar-refractivity contribution < 1.29 is 32.2 Å². The Morgan fingerprint density at radius 1 is 1.05 bits per heavy atom. The van der Waals surface area contributed by atoms with Crippen molar-refractivity contribution in [3.63, 3.8) is 0 Å². The van der Waals surface area contributed by atoms with Crippen molar-refractivity contribution >= 4 is 63.7 Å². The Morgan fingerprint density at radius 2 is 1.67 bits per heavy atom. The standard InChI is InChI=1S/C27H26Cl2NO7PS/c1-17(38(34,37-2)20-9-5-4-6-10-20)12-19-14-22(28)25(23(29)15-19)26(31)30-24(27(32)33)16-18-8-7-11-21(13-18)39(3,35)36/h4-15,24H,16H2,1-3H3,(H,30,31)(H,32,33)/b17-12+/t24-,38?/m0/s1. The van der Waals surface area contributed by atoms with Gasteiger partial charge >= 0.3 is 5.97 Å². The highest BCUT2D eigenvalue weighted by Crippen LogP contribution is 2.53. The minimum absolute atomic E-state index is 0.0331. The summed E-state index contributed by atoms with van der Waals surface area (Å²) in [4.78, 5) is 24.9. The number of nitrogens with one attached hydrogen (secondary N) is 1. The Kier molecular flexibility index (Phi) is 9.80. The van der Waals surface area contributed by atoms with Crippen molar-refractivity contribution in [3.05, 3.63) is 98.8 Å². The molecule has 206 valence electrons. The van der Waals surface area contributed by atoms with Gasteiger partial charge in [-0.3, -0.25) is 9.36 Å². The number of aliphatic carboxylic acids is 1. The summed E-state index contributed by atoms with van der Waals surface area (Å²) in [6.45, 7) is 1.65. The van der Waals surface area contributed by atoms with E-state index in [1.165, 1.54) is 37.4 Å². The topological polar surface area (TPSA) is 127 Å². The number of allylic oxidation sites excluding steroid dienone is 1. The summed E-state index contributed by atoms with van der Waals surface area (Å²) in [5, 5.41) is 12.9. The van der Waals surface area contributed by atoms with Gasteiger partial charge < -0.3 is 14.9 Å². The molecule has 1 amide bonds. The molecule has 0 bridgehead atoms. The SMILES string of the molecule is COP(=O)(/C(C)=C/c1cc(Cl)c(C(=O)N[C@@H](Cc2cccc(S(C)(=O)=O)c2)C(=O)O)c(Cl)c1)c1ccccc1. The normalized spacial score (nSPS) is 14.3. The van der Waals surface area contributed by atoms with E-state index in [0.29, 0.717) is 21.7 Å². The zero-order chi connectivity index (χ0) is 29.0. The first kappa shape index (κ1) is 30.6. The summed E-state index contributed by atoms with van der Waals surface area (Å²) < 4.78 is 42.6. The van der Waals surface area contributed by atoms with Gasteiger partial charge in [-0.1, -0.05) is 53.5 Å². The van der Waals surface area contributed by atoms with Crippen molar-refractivity contribution in [2.75, 3.05) is 13.4 Å². The first-order valence-electron chi connectivity index (χ1n) is 11.5. The molecule has 3 aromatic rings. The number of carboxylic acids is 1. The lowest BCUT2D eigenvalue weighted by Gasteiger charge is -2.18. The van der Waals surface area contributed by atoms with Gasteiger partial charge in [-0.15, -0.1) is 0 Å². The minimum atomic E-state index is -3.50. The maximum absolute atomic E-state index is 13.5. The summed E-state index contributed by atoms with van der Waals surface area (Å²) in [6, 6.07) is 16.0. The Labute approximate surface area is 237 Å². The van der Waals surface area contributed by atoms with Crippen LogP contribution in [0, 0.1) is 0 Å². The van der Waals surface area contributed by atoms with Gasteiger partial charge in [0.1, 0.15) is 6.04 Å². The van der Waals surface area contributed by atoms with Crippen LogP contribution in [0.3, 0.4) is 0 Å². The Morgan fingerprint density at radius 3 is 2.21 bits per heavy atom. The van der Waals surface area contributed by atoms with E-state index in [2.05, 4.69) is 5.32 Å².